The highest BCUT2D eigenvalue weighted by molar-refractivity contribution is 6.08. The van der Waals surface area contributed by atoms with Gasteiger partial charge in [0.05, 0.1) is 0 Å². The Bertz CT molecular complexity index is 43.6. The van der Waals surface area contributed by atoms with Crippen LogP contribution in [0, 0.1) is 0 Å². The molecule has 5 heteroatoms. The third-order valence-electron chi connectivity index (χ3n) is 0.957. The van der Waals surface area contributed by atoms with Crippen LogP contribution in [-0.4, -0.2) is 32.6 Å². The Morgan fingerprint density at radius 1 is 0.600 bits per heavy atom. The third-order valence-corrected chi connectivity index (χ3v) is 0.957. The highest BCUT2D eigenvalue weighted by Crippen LogP contribution is 1.95. The summed E-state index contributed by atoms with van der Waals surface area (Å²) in [6.45, 7) is 8.84. The average molecular weight is 312 g/mol. The van der Waals surface area contributed by atoms with Gasteiger partial charge >= 0.3 is 0 Å². The van der Waals surface area contributed by atoms with E-state index < -0.39 is 0 Å². The molecule has 0 aromatic heterocycles. The molecule has 0 aliphatic carbocycles. The lowest BCUT2D eigenvalue weighted by Gasteiger charge is -1.86. The summed E-state index contributed by atoms with van der Waals surface area (Å²) in [4.78, 5) is 0. The van der Waals surface area contributed by atoms with Gasteiger partial charge in [0.2, 0.25) is 32.6 Å². The zero-order valence-corrected chi connectivity index (χ0v) is 17.9. The largest absolute Gasteiger partial charge is 0.211 e. The Labute approximate surface area is 133 Å². The number of hydrogen-bond acceptors (Lipinski definition) is 0. The van der Waals surface area contributed by atoms with Gasteiger partial charge in [-0.25, -0.2) is 0 Å². The van der Waals surface area contributed by atoms with Crippen LogP contribution >= 0.6 is 37.2 Å². The lowest BCUT2D eigenvalue weighted by Crippen LogP contribution is -1.66. The molecule has 98 valence electrons. The fraction of sp³-hybridized carbons (Fsp3) is 1.00. The normalized spacial score (nSPS) is 5.87. The van der Waals surface area contributed by atoms with Gasteiger partial charge in [0.25, 0.3) is 0 Å². The molecule has 0 heterocycles. The number of unbranched alkanes of at least 4 members (excludes halogenated alkanes) is 3. The second kappa shape index (κ2) is 56.5. The molecule has 0 fully saturated rings. The molecular formula is C10H31Al2Cl3. The van der Waals surface area contributed by atoms with Gasteiger partial charge in [0, 0.05) is 0 Å². The quantitative estimate of drug-likeness (QED) is 0.546. The van der Waals surface area contributed by atoms with Crippen LogP contribution in [0.4, 0.5) is 0 Å². The minimum atomic E-state index is 0. The molecule has 0 aromatic rings. The van der Waals surface area contributed by atoms with E-state index in [1.54, 1.807) is 0 Å². The van der Waals surface area contributed by atoms with E-state index in [0.717, 1.165) is 0 Å². The molecule has 15 heavy (non-hydrogen) atoms. The molecule has 0 aromatic carbocycles. The van der Waals surface area contributed by atoms with E-state index in [9.17, 15) is 0 Å². The summed E-state index contributed by atoms with van der Waals surface area (Å²) in [6.07, 6.45) is 5.54. The maximum Gasteiger partial charge on any atom is 0.211 e. The summed E-state index contributed by atoms with van der Waals surface area (Å²) in [5.41, 5.74) is 0. The van der Waals surface area contributed by atoms with Gasteiger partial charge in [0.15, 0.2) is 0 Å². The van der Waals surface area contributed by atoms with Crippen molar-refractivity contribution < 1.29 is 0 Å². The fourth-order valence-electron chi connectivity index (χ4n) is 0.500. The number of halogens is 3. The molecule has 0 saturated heterocycles. The van der Waals surface area contributed by atoms with Gasteiger partial charge in [-0.15, -0.1) is 47.8 Å². The first-order valence-electron chi connectivity index (χ1n) is 5.74. The Balaban J connectivity index is -0.0000000200. The van der Waals surface area contributed by atoms with Gasteiger partial charge < -0.3 is 0 Å². The fourth-order valence-corrected chi connectivity index (χ4v) is 0.500. The highest BCUT2D eigenvalue weighted by atomic mass is 35.5. The minimum Gasteiger partial charge on any atom is -0.147 e. The molecule has 0 atom stereocenters. The van der Waals surface area contributed by atoms with Crippen molar-refractivity contribution in [2.24, 2.45) is 0 Å². The highest BCUT2D eigenvalue weighted by Gasteiger charge is 1.75. The van der Waals surface area contributed by atoms with Crippen molar-refractivity contribution in [1.82, 2.24) is 0 Å². The van der Waals surface area contributed by atoms with Crippen LogP contribution in [0.5, 0.6) is 0 Å². The second-order valence-electron chi connectivity index (χ2n) is 3.12. The zero-order valence-electron chi connectivity index (χ0n) is 11.5. The van der Waals surface area contributed by atoms with Crippen molar-refractivity contribution in [2.45, 2.75) is 63.9 Å². The van der Waals surface area contributed by atoms with E-state index in [-0.39, 0.29) is 37.2 Å². The van der Waals surface area contributed by atoms with E-state index in [2.05, 4.69) is 27.7 Å². The van der Waals surface area contributed by atoms with Crippen molar-refractivity contribution in [3.05, 3.63) is 0 Å². The van der Waals surface area contributed by atoms with E-state index in [1.165, 1.54) is 68.8 Å². The molecule has 0 radical (unpaired) electrons. The minimum absolute atomic E-state index is 0. The molecule has 0 nitrogen and oxygen atoms in total. The third kappa shape index (κ3) is 127. The van der Waals surface area contributed by atoms with Crippen LogP contribution in [0.15, 0.2) is 0 Å². The van der Waals surface area contributed by atoms with E-state index in [0.29, 0.717) is 0 Å². The lowest BCUT2D eigenvalue weighted by atomic mass is 10.2. The Morgan fingerprint density at radius 2 is 0.733 bits per heavy atom. The van der Waals surface area contributed by atoms with Crippen molar-refractivity contribution in [2.75, 3.05) is 0 Å². The smallest absolute Gasteiger partial charge is 0.147 e. The molecule has 0 aliphatic rings. The maximum absolute atomic E-state index is 2.23. The first kappa shape index (κ1) is 36.0. The first-order chi connectivity index (χ1) is 5.74. The van der Waals surface area contributed by atoms with Gasteiger partial charge in [0.1, 0.15) is 0 Å². The van der Waals surface area contributed by atoms with E-state index in [4.69, 9.17) is 0 Å². The van der Waals surface area contributed by atoms with Crippen LogP contribution in [0.3, 0.4) is 0 Å². The van der Waals surface area contributed by atoms with Gasteiger partial charge in [-0.3, -0.25) is 0 Å². The van der Waals surface area contributed by atoms with Crippen LogP contribution in [0.2, 0.25) is 10.6 Å². The van der Waals surface area contributed by atoms with Crippen molar-refractivity contribution >= 4 is 69.8 Å². The molecule has 0 rings (SSSR count). The Morgan fingerprint density at radius 3 is 0.800 bits per heavy atom. The SMILES string of the molecule is CCCCCC.C[CH2][AlH2].C[CH2][AlH2].Cl.Cl.Cl. The first-order valence-corrected chi connectivity index (χ1v) is 8.57. The summed E-state index contributed by atoms with van der Waals surface area (Å²) < 4.78 is 0. The van der Waals surface area contributed by atoms with Crippen molar-refractivity contribution in [1.29, 1.82) is 0 Å². The zero-order chi connectivity index (χ0) is 10.2. The van der Waals surface area contributed by atoms with Crippen molar-refractivity contribution in [3.8, 4) is 0 Å². The molecular weight excluding hydrogens is 280 g/mol. The molecule has 0 amide bonds. The van der Waals surface area contributed by atoms with E-state index >= 15 is 0 Å². The maximum atomic E-state index is 2.23. The van der Waals surface area contributed by atoms with Crippen molar-refractivity contribution in [3.63, 3.8) is 0 Å². The van der Waals surface area contributed by atoms with Gasteiger partial charge in [-0.05, 0) is 0 Å². The van der Waals surface area contributed by atoms with Crippen LogP contribution in [0.1, 0.15) is 53.4 Å². The molecule has 0 N–H and O–H groups in total. The standard InChI is InChI=1S/C6H14.2C2H5.2Al.3ClH.4H/c1-3-5-6-4-2;2*1-2;;;;;;;;;/h3-6H2,1-2H3;2*1H2,2H3;;;3*1H;;;;. The van der Waals surface area contributed by atoms with Gasteiger partial charge in [-0.2, -0.15) is 0 Å². The predicted molar refractivity (Wildman–Crippen MR) is 89.6 cm³/mol. The summed E-state index contributed by atoms with van der Waals surface area (Å²) in [5.74, 6) is 0. The topological polar surface area (TPSA) is 0 Å². The van der Waals surface area contributed by atoms with E-state index in [1.807, 2.05) is 0 Å². The van der Waals surface area contributed by atoms with Gasteiger partial charge in [-0.1, -0.05) is 53.4 Å². The molecule has 0 bridgehead atoms. The summed E-state index contributed by atoms with van der Waals surface area (Å²) in [6, 6.07) is 0. The summed E-state index contributed by atoms with van der Waals surface area (Å²) in [7, 11) is 0. The molecule has 0 saturated carbocycles. The Kier molecular flexibility index (Phi) is 135. The number of hydrogen-bond donors (Lipinski definition) is 0. The Hall–Kier alpha value is 1.93. The molecule has 0 unspecified atom stereocenters. The molecule has 0 aliphatic heterocycles. The summed E-state index contributed by atoms with van der Waals surface area (Å²) >= 11 is 2.74. The van der Waals surface area contributed by atoms with Crippen LogP contribution in [0.25, 0.3) is 0 Å². The van der Waals surface area contributed by atoms with Crippen LogP contribution in [-0.2, 0) is 0 Å². The second-order valence-corrected chi connectivity index (χ2v) is 5.95. The van der Waals surface area contributed by atoms with Crippen LogP contribution < -0.4 is 0 Å². The summed E-state index contributed by atoms with van der Waals surface area (Å²) in [5, 5.41) is 2.78. The predicted octanol–water partition coefficient (Wildman–Crippen LogP) is 3.97. The lowest BCUT2D eigenvalue weighted by molar-refractivity contribution is 0.702. The monoisotopic (exact) mass is 310 g/mol. The number of rotatable bonds is 3. The molecule has 0 spiro atoms. The average Bonchev–Trinajstić information content (AvgIpc) is 2.04.